The molecule has 6 heteroatoms. The van der Waals surface area contributed by atoms with Gasteiger partial charge in [0.25, 0.3) is 5.91 Å². The normalized spacial score (nSPS) is 13.7. The van der Waals surface area contributed by atoms with Gasteiger partial charge in [-0.3, -0.25) is 4.79 Å². The number of anilines is 2. The highest BCUT2D eigenvalue weighted by Gasteiger charge is 2.20. The Bertz CT molecular complexity index is 1270. The Labute approximate surface area is 199 Å². The Morgan fingerprint density at radius 2 is 1.65 bits per heavy atom. The average Bonchev–Trinajstić information content (AvgIpc) is 2.92. The van der Waals surface area contributed by atoms with E-state index < -0.39 is 0 Å². The first-order chi connectivity index (χ1) is 16.7. The second-order valence-electron chi connectivity index (χ2n) is 8.41. The fourth-order valence-electron chi connectivity index (χ4n) is 4.40. The Balaban J connectivity index is 1.31. The highest BCUT2D eigenvalue weighted by molar-refractivity contribution is 6.01. The topological polar surface area (TPSA) is 57.7 Å². The predicted molar refractivity (Wildman–Crippen MR) is 137 cm³/mol. The SMILES string of the molecule is COc1ccc(N2CCN(c3nccc4ccc(C(=O)NCc5ccccc5)cc34)CC2)cc1. The standard InChI is InChI=1S/C28H28N4O2/c1-34-25-11-9-24(10-12-25)31-15-17-32(18-16-31)27-26-19-23(8-7-22(26)13-14-29-27)28(33)30-20-21-5-3-2-4-6-21/h2-14,19H,15-18,20H2,1H3,(H,30,33). The van der Waals surface area contributed by atoms with Crippen molar-refractivity contribution in [1.82, 2.24) is 10.3 Å². The number of piperazine rings is 1. The van der Waals surface area contributed by atoms with Gasteiger partial charge in [-0.15, -0.1) is 0 Å². The number of nitrogens with one attached hydrogen (secondary N) is 1. The number of methoxy groups -OCH3 is 1. The highest BCUT2D eigenvalue weighted by atomic mass is 16.5. The lowest BCUT2D eigenvalue weighted by Gasteiger charge is -2.37. The van der Waals surface area contributed by atoms with Gasteiger partial charge in [0.05, 0.1) is 7.11 Å². The average molecular weight is 453 g/mol. The molecular weight excluding hydrogens is 424 g/mol. The van der Waals surface area contributed by atoms with Gasteiger partial charge >= 0.3 is 0 Å². The molecule has 1 N–H and O–H groups in total. The molecular formula is C28H28N4O2. The fourth-order valence-corrected chi connectivity index (χ4v) is 4.40. The number of pyridine rings is 1. The van der Waals surface area contributed by atoms with E-state index in [1.165, 1.54) is 5.69 Å². The van der Waals surface area contributed by atoms with Gasteiger partial charge in [0.2, 0.25) is 0 Å². The highest BCUT2D eigenvalue weighted by Crippen LogP contribution is 2.28. The molecule has 0 atom stereocenters. The van der Waals surface area contributed by atoms with E-state index in [0.717, 1.165) is 54.1 Å². The van der Waals surface area contributed by atoms with Gasteiger partial charge in [-0.25, -0.2) is 4.98 Å². The zero-order valence-electron chi connectivity index (χ0n) is 19.3. The number of aromatic nitrogens is 1. The van der Waals surface area contributed by atoms with Crippen molar-refractivity contribution >= 4 is 28.2 Å². The smallest absolute Gasteiger partial charge is 0.251 e. The lowest BCUT2D eigenvalue weighted by Crippen LogP contribution is -2.46. The van der Waals surface area contributed by atoms with Crippen LogP contribution in [-0.2, 0) is 6.54 Å². The maximum atomic E-state index is 12.8. The quantitative estimate of drug-likeness (QED) is 0.467. The number of benzene rings is 3. The molecule has 6 nitrogen and oxygen atoms in total. The largest absolute Gasteiger partial charge is 0.497 e. The van der Waals surface area contributed by atoms with Crippen molar-refractivity contribution in [3.05, 3.63) is 96.2 Å². The number of ether oxygens (including phenoxy) is 1. The molecule has 1 amide bonds. The third-order valence-corrected chi connectivity index (χ3v) is 6.32. The Hall–Kier alpha value is -4.06. The Morgan fingerprint density at radius 1 is 0.912 bits per heavy atom. The van der Waals surface area contributed by atoms with Crippen molar-refractivity contribution in [3.63, 3.8) is 0 Å². The van der Waals surface area contributed by atoms with Crippen LogP contribution in [0.3, 0.4) is 0 Å². The van der Waals surface area contributed by atoms with Crippen LogP contribution in [0.1, 0.15) is 15.9 Å². The predicted octanol–water partition coefficient (Wildman–Crippen LogP) is 4.50. The minimum Gasteiger partial charge on any atom is -0.497 e. The van der Waals surface area contributed by atoms with Crippen LogP contribution in [0.2, 0.25) is 0 Å². The Morgan fingerprint density at radius 3 is 2.38 bits per heavy atom. The molecule has 1 fully saturated rings. The summed E-state index contributed by atoms with van der Waals surface area (Å²) in [6.07, 6.45) is 1.85. The molecule has 1 aliphatic heterocycles. The van der Waals surface area contributed by atoms with Crippen molar-refractivity contribution < 1.29 is 9.53 Å². The number of fused-ring (bicyclic) bond motifs is 1. The van der Waals surface area contributed by atoms with Crippen LogP contribution in [-0.4, -0.2) is 44.2 Å². The van der Waals surface area contributed by atoms with Gasteiger partial charge in [0.15, 0.2) is 0 Å². The second kappa shape index (κ2) is 9.83. The summed E-state index contributed by atoms with van der Waals surface area (Å²) >= 11 is 0. The summed E-state index contributed by atoms with van der Waals surface area (Å²) in [6.45, 7) is 4.04. The summed E-state index contributed by atoms with van der Waals surface area (Å²) in [6, 6.07) is 26.0. The molecule has 1 aliphatic rings. The molecule has 34 heavy (non-hydrogen) atoms. The summed E-state index contributed by atoms with van der Waals surface area (Å²) in [7, 11) is 1.68. The molecule has 0 aliphatic carbocycles. The summed E-state index contributed by atoms with van der Waals surface area (Å²) in [4.78, 5) is 22.2. The van der Waals surface area contributed by atoms with E-state index in [4.69, 9.17) is 9.72 Å². The van der Waals surface area contributed by atoms with Crippen LogP contribution in [0.4, 0.5) is 11.5 Å². The lowest BCUT2D eigenvalue weighted by atomic mass is 10.1. The monoisotopic (exact) mass is 452 g/mol. The van der Waals surface area contributed by atoms with E-state index in [-0.39, 0.29) is 5.91 Å². The van der Waals surface area contributed by atoms with E-state index >= 15 is 0 Å². The van der Waals surface area contributed by atoms with Gasteiger partial charge in [-0.2, -0.15) is 0 Å². The van der Waals surface area contributed by atoms with Crippen molar-refractivity contribution in [2.24, 2.45) is 0 Å². The molecule has 172 valence electrons. The second-order valence-corrected chi connectivity index (χ2v) is 8.41. The van der Waals surface area contributed by atoms with E-state index in [0.29, 0.717) is 12.1 Å². The molecule has 1 aromatic heterocycles. The van der Waals surface area contributed by atoms with E-state index in [2.05, 4.69) is 27.2 Å². The summed E-state index contributed by atoms with van der Waals surface area (Å²) < 4.78 is 5.27. The van der Waals surface area contributed by atoms with Crippen LogP contribution in [0, 0.1) is 0 Å². The summed E-state index contributed by atoms with van der Waals surface area (Å²) in [5, 5.41) is 5.12. The third-order valence-electron chi connectivity index (χ3n) is 6.32. The number of carbonyl (C=O) groups excluding carboxylic acids is 1. The van der Waals surface area contributed by atoms with Crippen molar-refractivity contribution in [1.29, 1.82) is 0 Å². The van der Waals surface area contributed by atoms with E-state index in [1.54, 1.807) is 7.11 Å². The van der Waals surface area contributed by atoms with Crippen LogP contribution in [0.5, 0.6) is 5.75 Å². The van der Waals surface area contributed by atoms with Crippen molar-refractivity contribution in [2.75, 3.05) is 43.1 Å². The van der Waals surface area contributed by atoms with Gasteiger partial charge in [-0.1, -0.05) is 36.4 Å². The van der Waals surface area contributed by atoms with Gasteiger partial charge in [0, 0.05) is 55.6 Å². The number of hydrogen-bond donors (Lipinski definition) is 1. The maximum absolute atomic E-state index is 12.8. The number of amides is 1. The first-order valence-corrected chi connectivity index (χ1v) is 11.6. The Kier molecular flexibility index (Phi) is 6.29. The molecule has 0 bridgehead atoms. The number of carbonyl (C=O) groups is 1. The van der Waals surface area contributed by atoms with Crippen LogP contribution in [0.25, 0.3) is 10.8 Å². The molecule has 0 unspecified atom stereocenters. The zero-order chi connectivity index (χ0) is 23.3. The van der Waals surface area contributed by atoms with E-state index in [1.807, 2.05) is 72.9 Å². The maximum Gasteiger partial charge on any atom is 0.251 e. The third kappa shape index (κ3) is 4.66. The fraction of sp³-hybridized carbons (Fsp3) is 0.214. The molecule has 1 saturated heterocycles. The van der Waals surface area contributed by atoms with Gasteiger partial charge in [0.1, 0.15) is 11.6 Å². The van der Waals surface area contributed by atoms with Crippen LogP contribution in [0.15, 0.2) is 85.1 Å². The number of hydrogen-bond acceptors (Lipinski definition) is 5. The first-order valence-electron chi connectivity index (χ1n) is 11.6. The van der Waals surface area contributed by atoms with Gasteiger partial charge in [-0.05, 0) is 53.4 Å². The van der Waals surface area contributed by atoms with Crippen LogP contribution < -0.4 is 19.9 Å². The van der Waals surface area contributed by atoms with Crippen molar-refractivity contribution in [2.45, 2.75) is 6.54 Å². The molecule has 0 saturated carbocycles. The van der Waals surface area contributed by atoms with E-state index in [9.17, 15) is 4.79 Å². The minimum absolute atomic E-state index is 0.0788. The number of nitrogens with zero attached hydrogens (tertiary/aromatic N) is 3. The molecule has 2 heterocycles. The summed E-state index contributed by atoms with van der Waals surface area (Å²) in [5.74, 6) is 1.72. The molecule has 5 rings (SSSR count). The zero-order valence-corrected chi connectivity index (χ0v) is 19.3. The minimum atomic E-state index is -0.0788. The summed E-state index contributed by atoms with van der Waals surface area (Å²) in [5.41, 5.74) is 2.92. The first kappa shape index (κ1) is 21.8. The molecule has 0 spiro atoms. The molecule has 4 aromatic rings. The van der Waals surface area contributed by atoms with Crippen LogP contribution >= 0.6 is 0 Å². The number of rotatable bonds is 6. The lowest BCUT2D eigenvalue weighted by molar-refractivity contribution is 0.0951. The van der Waals surface area contributed by atoms with Gasteiger partial charge < -0.3 is 19.9 Å². The molecule has 0 radical (unpaired) electrons. The van der Waals surface area contributed by atoms with Crippen molar-refractivity contribution in [3.8, 4) is 5.75 Å². The molecule has 3 aromatic carbocycles.